The Kier molecular flexibility index (Phi) is 8.08. The number of nitrogens with two attached hydrogens (primary N) is 2. The number of carboxylic acids is 1. The van der Waals surface area contributed by atoms with Gasteiger partial charge in [0.1, 0.15) is 25.7 Å². The normalized spacial score (nSPS) is 11.7. The number of halogens is 1. The molecule has 7 heteroatoms. The van der Waals surface area contributed by atoms with Gasteiger partial charge < -0.3 is 25.9 Å². The van der Waals surface area contributed by atoms with Crippen molar-refractivity contribution in [3.63, 3.8) is 0 Å². The summed E-state index contributed by atoms with van der Waals surface area (Å²) >= 11 is 5.79. The van der Waals surface area contributed by atoms with E-state index in [4.69, 9.17) is 11.6 Å². The van der Waals surface area contributed by atoms with Crippen molar-refractivity contribution in [2.75, 3.05) is 18.4 Å². The largest absolute Gasteiger partial charge is 0.544 e. The molecule has 0 unspecified atom stereocenters. The first-order chi connectivity index (χ1) is 12.5. The maximum atomic E-state index is 12.0. The number of nitrogens with one attached hydrogen (secondary N) is 1. The van der Waals surface area contributed by atoms with Crippen LogP contribution in [0.4, 0.5) is 5.69 Å². The Hall–Kier alpha value is -2.41. The van der Waals surface area contributed by atoms with Crippen molar-refractivity contribution in [2.45, 2.75) is 19.0 Å². The van der Waals surface area contributed by atoms with Crippen molar-refractivity contribution in [2.24, 2.45) is 0 Å². The lowest BCUT2D eigenvalue weighted by molar-refractivity contribution is -0.742. The van der Waals surface area contributed by atoms with Gasteiger partial charge in [-0.15, -0.1) is 0 Å². The smallest absolute Gasteiger partial charge is 0.230 e. The first-order valence-corrected chi connectivity index (χ1v) is 8.87. The lowest BCUT2D eigenvalue weighted by atomic mass is 10.2. The van der Waals surface area contributed by atoms with Crippen LogP contribution in [-0.2, 0) is 16.1 Å². The number of aliphatic carboxylic acids is 1. The highest BCUT2D eigenvalue weighted by Crippen LogP contribution is 2.13. The van der Waals surface area contributed by atoms with Gasteiger partial charge in [-0.05, 0) is 24.3 Å². The molecule has 0 aliphatic carbocycles. The van der Waals surface area contributed by atoms with Gasteiger partial charge in [0.05, 0.1) is 12.4 Å². The van der Waals surface area contributed by atoms with Gasteiger partial charge in [-0.1, -0.05) is 41.9 Å². The topological polar surface area (TPSA) is 102 Å². The summed E-state index contributed by atoms with van der Waals surface area (Å²) in [6.45, 7) is 2.17. The van der Waals surface area contributed by atoms with E-state index in [9.17, 15) is 14.7 Å². The average molecular weight is 377 g/mol. The van der Waals surface area contributed by atoms with E-state index in [2.05, 4.69) is 10.6 Å². The van der Waals surface area contributed by atoms with Gasteiger partial charge in [-0.25, -0.2) is 0 Å². The summed E-state index contributed by atoms with van der Waals surface area (Å²) in [5, 5.41) is 18.2. The van der Waals surface area contributed by atoms with Crippen molar-refractivity contribution in [1.82, 2.24) is 0 Å². The average Bonchev–Trinajstić information content (AvgIpc) is 2.63. The molecule has 0 fully saturated rings. The standard InChI is InChI=1S/C19H22ClN3O3/c20-15-6-8-16(9-7-15)23-18(24)12-17(19(25)26)22-11-10-21-13-14-4-2-1-3-5-14/h1-9,17,21-22H,10-13H2,(H,23,24)(H,25,26)/p+1/t17-/m0/s1. The van der Waals surface area contributed by atoms with E-state index >= 15 is 0 Å². The highest BCUT2D eigenvalue weighted by Gasteiger charge is 2.18. The van der Waals surface area contributed by atoms with Gasteiger partial charge in [0.2, 0.25) is 5.91 Å². The highest BCUT2D eigenvalue weighted by atomic mass is 35.5. The third-order valence-electron chi connectivity index (χ3n) is 3.88. The minimum atomic E-state index is -1.24. The molecular weight excluding hydrogens is 354 g/mol. The van der Waals surface area contributed by atoms with Crippen LogP contribution >= 0.6 is 11.6 Å². The molecule has 2 aromatic carbocycles. The van der Waals surface area contributed by atoms with Crippen molar-refractivity contribution in [3.8, 4) is 0 Å². The number of carboxylic acid groups (broad SMARTS) is 1. The minimum absolute atomic E-state index is 0.149. The lowest BCUT2D eigenvalue weighted by Gasteiger charge is -2.16. The van der Waals surface area contributed by atoms with Crippen LogP contribution in [0.2, 0.25) is 5.02 Å². The summed E-state index contributed by atoms with van der Waals surface area (Å²) in [7, 11) is 0. The number of hydrogen-bond acceptors (Lipinski definition) is 3. The summed E-state index contributed by atoms with van der Waals surface area (Å²) in [5.74, 6) is -1.61. The fraction of sp³-hybridized carbons (Fsp3) is 0.263. The third-order valence-corrected chi connectivity index (χ3v) is 4.13. The lowest BCUT2D eigenvalue weighted by Crippen LogP contribution is -2.99. The molecule has 1 atom stereocenters. The third kappa shape index (κ3) is 7.23. The molecule has 0 heterocycles. The predicted molar refractivity (Wildman–Crippen MR) is 97.2 cm³/mol. The Morgan fingerprint density at radius 1 is 1.04 bits per heavy atom. The van der Waals surface area contributed by atoms with E-state index in [0.29, 0.717) is 17.3 Å². The first kappa shape index (κ1) is 19.9. The molecule has 0 radical (unpaired) electrons. The van der Waals surface area contributed by atoms with E-state index < -0.39 is 12.0 Å². The molecule has 0 saturated carbocycles. The number of amides is 1. The van der Waals surface area contributed by atoms with E-state index in [1.807, 2.05) is 30.3 Å². The number of anilines is 1. The molecule has 2 rings (SSSR count). The number of hydrogen-bond donors (Lipinski definition) is 3. The number of carbonyl (C=O) groups excluding carboxylic acids is 2. The molecule has 0 aliphatic rings. The van der Waals surface area contributed by atoms with E-state index in [0.717, 1.165) is 13.1 Å². The zero-order valence-electron chi connectivity index (χ0n) is 14.4. The summed E-state index contributed by atoms with van der Waals surface area (Å²) in [4.78, 5) is 23.3. The monoisotopic (exact) mass is 376 g/mol. The molecule has 0 spiro atoms. The molecule has 26 heavy (non-hydrogen) atoms. The Balaban J connectivity index is 1.71. The molecule has 0 aromatic heterocycles. The zero-order valence-corrected chi connectivity index (χ0v) is 15.1. The van der Waals surface area contributed by atoms with E-state index in [1.165, 1.54) is 5.56 Å². The number of benzene rings is 2. The van der Waals surface area contributed by atoms with Crippen LogP contribution in [0.15, 0.2) is 54.6 Å². The van der Waals surface area contributed by atoms with E-state index in [1.54, 1.807) is 29.6 Å². The minimum Gasteiger partial charge on any atom is -0.544 e. The Morgan fingerprint density at radius 3 is 2.38 bits per heavy atom. The molecule has 2 aromatic rings. The van der Waals surface area contributed by atoms with Gasteiger partial charge in [0.15, 0.2) is 0 Å². The zero-order chi connectivity index (χ0) is 18.8. The number of quaternary nitrogens is 2. The summed E-state index contributed by atoms with van der Waals surface area (Å²) < 4.78 is 0. The second-order valence-electron chi connectivity index (χ2n) is 5.98. The number of rotatable bonds is 10. The van der Waals surface area contributed by atoms with Crippen molar-refractivity contribution in [3.05, 3.63) is 65.2 Å². The molecule has 0 bridgehead atoms. The Morgan fingerprint density at radius 2 is 1.73 bits per heavy atom. The molecule has 138 valence electrons. The Labute approximate surface area is 157 Å². The second kappa shape index (κ2) is 10.6. The van der Waals surface area contributed by atoms with Crippen LogP contribution in [0, 0.1) is 0 Å². The van der Waals surface area contributed by atoms with E-state index in [-0.39, 0.29) is 12.3 Å². The van der Waals surface area contributed by atoms with Crippen LogP contribution in [0.25, 0.3) is 0 Å². The van der Waals surface area contributed by atoms with Crippen LogP contribution in [0.5, 0.6) is 0 Å². The van der Waals surface area contributed by atoms with Crippen LogP contribution in [-0.4, -0.2) is 31.0 Å². The Bertz CT molecular complexity index is 708. The van der Waals surface area contributed by atoms with Gasteiger partial charge in [0, 0.05) is 16.3 Å². The summed E-state index contributed by atoms with van der Waals surface area (Å²) in [5.41, 5.74) is 1.79. The molecule has 0 aliphatic heterocycles. The maximum Gasteiger partial charge on any atom is 0.230 e. The fourth-order valence-corrected chi connectivity index (χ4v) is 2.63. The molecule has 0 saturated heterocycles. The summed E-state index contributed by atoms with van der Waals surface area (Å²) in [6.07, 6.45) is -0.149. The molecule has 1 amide bonds. The van der Waals surface area contributed by atoms with Crippen LogP contribution in [0.3, 0.4) is 0 Å². The van der Waals surface area contributed by atoms with Gasteiger partial charge in [0.25, 0.3) is 0 Å². The van der Waals surface area contributed by atoms with Crippen molar-refractivity contribution >= 4 is 29.2 Å². The van der Waals surface area contributed by atoms with Gasteiger partial charge in [-0.2, -0.15) is 0 Å². The SMILES string of the molecule is O=C(C[C@H]([NH2+]CC[NH2+]Cc1ccccc1)C(=O)[O-])Nc1ccc(Cl)cc1. The van der Waals surface area contributed by atoms with Crippen molar-refractivity contribution < 1.29 is 25.3 Å². The predicted octanol–water partition coefficient (Wildman–Crippen LogP) is -0.886. The van der Waals surface area contributed by atoms with Crippen molar-refractivity contribution in [1.29, 1.82) is 0 Å². The summed E-state index contributed by atoms with van der Waals surface area (Å²) in [6, 6.07) is 15.8. The van der Waals surface area contributed by atoms with Crippen LogP contribution < -0.4 is 21.1 Å². The second-order valence-corrected chi connectivity index (χ2v) is 6.41. The highest BCUT2D eigenvalue weighted by molar-refractivity contribution is 6.30. The van der Waals surface area contributed by atoms with Crippen LogP contribution in [0.1, 0.15) is 12.0 Å². The molecule has 6 nitrogen and oxygen atoms in total. The maximum absolute atomic E-state index is 12.0. The quantitative estimate of drug-likeness (QED) is 0.469. The first-order valence-electron chi connectivity index (χ1n) is 8.50. The fourth-order valence-electron chi connectivity index (χ4n) is 2.51. The van der Waals surface area contributed by atoms with Gasteiger partial charge in [-0.3, -0.25) is 4.79 Å². The molecular formula is C19H23ClN3O3+. The van der Waals surface area contributed by atoms with Gasteiger partial charge >= 0.3 is 0 Å². The number of carbonyl (C=O) groups is 2. The molecule has 5 N–H and O–H groups in total.